The zero-order chi connectivity index (χ0) is 13.0. The van der Waals surface area contributed by atoms with Crippen LogP contribution in [0.1, 0.15) is 25.3 Å². The van der Waals surface area contributed by atoms with Crippen LogP contribution in [-0.2, 0) is 9.53 Å². The van der Waals surface area contributed by atoms with Gasteiger partial charge in [-0.1, -0.05) is 12.1 Å². The van der Waals surface area contributed by atoms with Crippen molar-refractivity contribution in [1.82, 2.24) is 9.78 Å². The van der Waals surface area contributed by atoms with Crippen LogP contribution in [0.25, 0.3) is 5.69 Å². The Hall–Kier alpha value is -2.10. The maximum atomic E-state index is 11.6. The third kappa shape index (κ3) is 2.59. The number of ether oxygens (including phenoxy) is 1. The number of benzene rings is 1. The third-order valence-electron chi connectivity index (χ3n) is 2.80. The number of hydrogen-bond donors (Lipinski definition) is 0. The van der Waals surface area contributed by atoms with Gasteiger partial charge in [-0.05, 0) is 37.6 Å². The van der Waals surface area contributed by atoms with E-state index >= 15 is 0 Å². The normalized spacial score (nSPS) is 12.1. The average Bonchev–Trinajstić information content (AvgIpc) is 2.92. The number of esters is 1. The topological polar surface area (TPSA) is 44.1 Å². The number of carbonyl (C=O) groups is 1. The van der Waals surface area contributed by atoms with E-state index in [-0.39, 0.29) is 11.9 Å². The highest BCUT2D eigenvalue weighted by Crippen LogP contribution is 2.18. The summed E-state index contributed by atoms with van der Waals surface area (Å²) in [6.07, 6.45) is 3.61. The van der Waals surface area contributed by atoms with Crippen molar-refractivity contribution in [1.29, 1.82) is 0 Å². The molecule has 0 fully saturated rings. The molecule has 94 valence electrons. The van der Waals surface area contributed by atoms with Crippen LogP contribution in [0.5, 0.6) is 0 Å². The number of rotatable bonds is 4. The van der Waals surface area contributed by atoms with Gasteiger partial charge in [-0.25, -0.2) is 4.68 Å². The van der Waals surface area contributed by atoms with Gasteiger partial charge in [-0.3, -0.25) is 4.79 Å². The van der Waals surface area contributed by atoms with Crippen LogP contribution < -0.4 is 0 Å². The molecule has 2 rings (SSSR count). The summed E-state index contributed by atoms with van der Waals surface area (Å²) in [6.45, 7) is 4.07. The molecule has 0 aliphatic rings. The highest BCUT2D eigenvalue weighted by Gasteiger charge is 2.15. The van der Waals surface area contributed by atoms with E-state index in [9.17, 15) is 4.79 Å². The maximum absolute atomic E-state index is 11.6. The Morgan fingerprint density at radius 1 is 1.39 bits per heavy atom. The van der Waals surface area contributed by atoms with E-state index in [1.54, 1.807) is 10.9 Å². The first-order valence-corrected chi connectivity index (χ1v) is 5.99. The molecule has 0 saturated carbocycles. The number of carbonyl (C=O) groups excluding carboxylic acids is 1. The number of aromatic nitrogens is 2. The predicted octanol–water partition coefficient (Wildman–Crippen LogP) is 2.54. The lowest BCUT2D eigenvalue weighted by Crippen LogP contribution is -2.13. The van der Waals surface area contributed by atoms with Crippen molar-refractivity contribution in [3.8, 4) is 5.69 Å². The quantitative estimate of drug-likeness (QED) is 0.776. The highest BCUT2D eigenvalue weighted by molar-refractivity contribution is 5.77. The molecule has 0 bridgehead atoms. The van der Waals surface area contributed by atoms with Gasteiger partial charge in [0.1, 0.15) is 0 Å². The van der Waals surface area contributed by atoms with Gasteiger partial charge in [0.2, 0.25) is 0 Å². The van der Waals surface area contributed by atoms with Crippen molar-refractivity contribution >= 4 is 5.97 Å². The van der Waals surface area contributed by atoms with E-state index < -0.39 is 0 Å². The molecular weight excluding hydrogens is 228 g/mol. The van der Waals surface area contributed by atoms with E-state index in [0.717, 1.165) is 11.3 Å². The van der Waals surface area contributed by atoms with Crippen molar-refractivity contribution in [2.75, 3.05) is 6.61 Å². The fourth-order valence-electron chi connectivity index (χ4n) is 1.74. The molecule has 0 spiro atoms. The molecule has 4 nitrogen and oxygen atoms in total. The van der Waals surface area contributed by atoms with Crippen LogP contribution in [0.15, 0.2) is 42.7 Å². The van der Waals surface area contributed by atoms with Crippen LogP contribution in [0.3, 0.4) is 0 Å². The zero-order valence-corrected chi connectivity index (χ0v) is 10.5. The van der Waals surface area contributed by atoms with Gasteiger partial charge in [0.15, 0.2) is 0 Å². The second kappa shape index (κ2) is 5.49. The van der Waals surface area contributed by atoms with Crippen LogP contribution in [0, 0.1) is 0 Å². The summed E-state index contributed by atoms with van der Waals surface area (Å²) in [7, 11) is 0. The minimum absolute atomic E-state index is 0.190. The van der Waals surface area contributed by atoms with Gasteiger partial charge < -0.3 is 4.74 Å². The Bertz CT molecular complexity index is 503. The summed E-state index contributed by atoms with van der Waals surface area (Å²) in [5.41, 5.74) is 1.92. The predicted molar refractivity (Wildman–Crippen MR) is 68.6 cm³/mol. The highest BCUT2D eigenvalue weighted by atomic mass is 16.5. The lowest BCUT2D eigenvalue weighted by molar-refractivity contribution is -0.144. The van der Waals surface area contributed by atoms with Gasteiger partial charge >= 0.3 is 5.97 Å². The number of nitrogens with zero attached hydrogens (tertiary/aromatic N) is 2. The summed E-state index contributed by atoms with van der Waals surface area (Å²) >= 11 is 0. The minimum atomic E-state index is -0.239. The molecule has 0 amide bonds. The zero-order valence-electron chi connectivity index (χ0n) is 10.5. The Morgan fingerprint density at radius 3 is 2.67 bits per heavy atom. The van der Waals surface area contributed by atoms with Crippen molar-refractivity contribution in [2.45, 2.75) is 19.8 Å². The molecule has 0 aliphatic heterocycles. The van der Waals surface area contributed by atoms with E-state index in [2.05, 4.69) is 5.10 Å². The summed E-state index contributed by atoms with van der Waals surface area (Å²) in [5.74, 6) is -0.430. The van der Waals surface area contributed by atoms with E-state index in [1.165, 1.54) is 0 Å². The molecule has 1 heterocycles. The fourth-order valence-corrected chi connectivity index (χ4v) is 1.74. The second-order valence-electron chi connectivity index (χ2n) is 4.02. The summed E-state index contributed by atoms with van der Waals surface area (Å²) in [5, 5.41) is 4.15. The standard InChI is InChI=1S/C14H16N2O2/c1-3-18-14(17)11(2)12-5-7-13(8-6-12)16-10-4-9-15-16/h4-11H,3H2,1-2H3. The molecule has 0 N–H and O–H groups in total. The van der Waals surface area contributed by atoms with Gasteiger partial charge in [-0.2, -0.15) is 5.10 Å². The van der Waals surface area contributed by atoms with Crippen molar-refractivity contribution in [2.24, 2.45) is 0 Å². The molecule has 1 aromatic heterocycles. The van der Waals surface area contributed by atoms with Crippen LogP contribution in [0.4, 0.5) is 0 Å². The molecule has 1 atom stereocenters. The van der Waals surface area contributed by atoms with Crippen molar-refractivity contribution < 1.29 is 9.53 Å². The third-order valence-corrected chi connectivity index (χ3v) is 2.80. The largest absolute Gasteiger partial charge is 0.466 e. The van der Waals surface area contributed by atoms with Crippen LogP contribution >= 0.6 is 0 Å². The Morgan fingerprint density at radius 2 is 2.11 bits per heavy atom. The molecule has 0 aliphatic carbocycles. The first kappa shape index (κ1) is 12.4. The molecule has 1 unspecified atom stereocenters. The fraction of sp³-hybridized carbons (Fsp3) is 0.286. The van der Waals surface area contributed by atoms with Crippen LogP contribution in [-0.4, -0.2) is 22.4 Å². The second-order valence-corrected chi connectivity index (χ2v) is 4.02. The SMILES string of the molecule is CCOC(=O)C(C)c1ccc(-n2cccn2)cc1. The van der Waals surface area contributed by atoms with Gasteiger partial charge in [0, 0.05) is 12.4 Å². The van der Waals surface area contributed by atoms with Crippen molar-refractivity contribution in [3.05, 3.63) is 48.3 Å². The lowest BCUT2D eigenvalue weighted by atomic mass is 10.0. The van der Waals surface area contributed by atoms with E-state index in [0.29, 0.717) is 6.61 Å². The molecule has 4 heteroatoms. The average molecular weight is 244 g/mol. The van der Waals surface area contributed by atoms with E-state index in [4.69, 9.17) is 4.74 Å². The molecule has 2 aromatic rings. The molecule has 0 saturated heterocycles. The van der Waals surface area contributed by atoms with Crippen molar-refractivity contribution in [3.63, 3.8) is 0 Å². The van der Waals surface area contributed by atoms with Gasteiger partial charge in [0.05, 0.1) is 18.2 Å². The molecular formula is C14H16N2O2. The molecule has 18 heavy (non-hydrogen) atoms. The Labute approximate surface area is 106 Å². The smallest absolute Gasteiger partial charge is 0.313 e. The number of hydrogen-bond acceptors (Lipinski definition) is 3. The van der Waals surface area contributed by atoms with Gasteiger partial charge in [0.25, 0.3) is 0 Å². The van der Waals surface area contributed by atoms with Gasteiger partial charge in [-0.15, -0.1) is 0 Å². The summed E-state index contributed by atoms with van der Waals surface area (Å²) in [6, 6.07) is 9.61. The lowest BCUT2D eigenvalue weighted by Gasteiger charge is -2.11. The molecule has 1 aromatic carbocycles. The Balaban J connectivity index is 2.15. The summed E-state index contributed by atoms with van der Waals surface area (Å²) < 4.78 is 6.78. The Kier molecular flexibility index (Phi) is 3.77. The van der Waals surface area contributed by atoms with E-state index in [1.807, 2.05) is 50.4 Å². The first-order chi connectivity index (χ1) is 8.72. The van der Waals surface area contributed by atoms with Crippen LogP contribution in [0.2, 0.25) is 0 Å². The first-order valence-electron chi connectivity index (χ1n) is 5.99. The monoisotopic (exact) mass is 244 g/mol. The molecule has 0 radical (unpaired) electrons. The maximum Gasteiger partial charge on any atom is 0.313 e. The summed E-state index contributed by atoms with van der Waals surface area (Å²) in [4.78, 5) is 11.6. The minimum Gasteiger partial charge on any atom is -0.466 e.